The topological polar surface area (TPSA) is 20.2 Å². The van der Waals surface area contributed by atoms with Crippen LogP contribution in [-0.4, -0.2) is 10.4 Å². The van der Waals surface area contributed by atoms with Crippen LogP contribution in [0.2, 0.25) is 0 Å². The third-order valence-corrected chi connectivity index (χ3v) is 3.04. The normalized spacial score (nSPS) is 15.6. The van der Waals surface area contributed by atoms with E-state index in [1.807, 2.05) is 37.3 Å². The Morgan fingerprint density at radius 3 is 2.33 bits per heavy atom. The summed E-state index contributed by atoms with van der Waals surface area (Å²) in [5.41, 5.74) is 0.269. The predicted molar refractivity (Wildman–Crippen MR) is 54.4 cm³/mol. The highest BCUT2D eigenvalue weighted by Crippen LogP contribution is 2.26. The van der Waals surface area contributed by atoms with Crippen LogP contribution in [0.5, 0.6) is 0 Å². The summed E-state index contributed by atoms with van der Waals surface area (Å²) in [5, 5.41) is 10.6. The molecular formula is C10H13BrO. The third kappa shape index (κ3) is 1.87. The van der Waals surface area contributed by atoms with E-state index in [4.69, 9.17) is 0 Å². The summed E-state index contributed by atoms with van der Waals surface area (Å²) in [5.74, 6) is 0. The lowest BCUT2D eigenvalue weighted by Gasteiger charge is -2.24. The number of alkyl halides is 1. The molecule has 0 aromatic heterocycles. The van der Waals surface area contributed by atoms with Gasteiger partial charge < -0.3 is 5.11 Å². The smallest absolute Gasteiger partial charge is 0.0990 e. The third-order valence-electron chi connectivity index (χ3n) is 2.12. The molecule has 12 heavy (non-hydrogen) atoms. The molecule has 0 fully saturated rings. The van der Waals surface area contributed by atoms with E-state index in [1.165, 1.54) is 0 Å². The molecular weight excluding hydrogens is 216 g/mol. The van der Waals surface area contributed by atoms with Crippen LogP contribution in [0.15, 0.2) is 30.3 Å². The van der Waals surface area contributed by atoms with Gasteiger partial charge in [0.05, 0.1) is 5.60 Å². The first-order valence-electron chi connectivity index (χ1n) is 4.07. The number of benzene rings is 1. The van der Waals surface area contributed by atoms with Crippen LogP contribution in [0.25, 0.3) is 0 Å². The van der Waals surface area contributed by atoms with Crippen LogP contribution >= 0.6 is 15.9 Å². The van der Waals surface area contributed by atoms with Gasteiger partial charge >= 0.3 is 0 Å². The number of hydrogen-bond donors (Lipinski definition) is 1. The van der Waals surface area contributed by atoms with Gasteiger partial charge in [-0.25, -0.2) is 0 Å². The summed E-state index contributed by atoms with van der Waals surface area (Å²) in [6.45, 7) is 1.98. The van der Waals surface area contributed by atoms with E-state index < -0.39 is 5.60 Å². The van der Waals surface area contributed by atoms with Crippen LogP contribution in [0, 0.1) is 0 Å². The van der Waals surface area contributed by atoms with E-state index in [2.05, 4.69) is 15.9 Å². The van der Waals surface area contributed by atoms with Gasteiger partial charge in [0.15, 0.2) is 0 Å². The van der Waals surface area contributed by atoms with Gasteiger partial charge in [-0.05, 0) is 12.0 Å². The van der Waals surface area contributed by atoms with Gasteiger partial charge in [-0.2, -0.15) is 0 Å². The Morgan fingerprint density at radius 1 is 1.33 bits per heavy atom. The first-order valence-corrected chi connectivity index (χ1v) is 5.19. The highest BCUT2D eigenvalue weighted by Gasteiger charge is 2.24. The molecule has 1 aromatic carbocycles. The maximum atomic E-state index is 10.1. The molecule has 0 bridgehead atoms. The lowest BCUT2D eigenvalue weighted by Crippen LogP contribution is -2.26. The molecule has 0 radical (unpaired) electrons. The van der Waals surface area contributed by atoms with E-state index in [-0.39, 0.29) is 0 Å². The first-order chi connectivity index (χ1) is 5.73. The minimum atomic E-state index is -0.707. The monoisotopic (exact) mass is 228 g/mol. The molecule has 0 amide bonds. The van der Waals surface area contributed by atoms with Crippen LogP contribution in [0.1, 0.15) is 18.9 Å². The summed E-state index contributed by atoms with van der Waals surface area (Å²) in [6.07, 6.45) is 0.724. The Labute approximate surface area is 81.6 Å². The number of halogens is 1. The molecule has 1 nitrogen and oxygen atoms in total. The van der Waals surface area contributed by atoms with Gasteiger partial charge in [-0.3, -0.25) is 0 Å². The standard InChI is InChI=1S/C10H13BrO/c1-2-10(12,8-11)9-6-4-3-5-7-9/h3-7,12H,2,8H2,1H3/t10-/m1/s1. The van der Waals surface area contributed by atoms with Crippen molar-refractivity contribution >= 4 is 15.9 Å². The molecule has 0 aliphatic rings. The summed E-state index contributed by atoms with van der Waals surface area (Å²) in [6, 6.07) is 9.74. The molecule has 0 aliphatic heterocycles. The fourth-order valence-electron chi connectivity index (χ4n) is 1.12. The lowest BCUT2D eigenvalue weighted by molar-refractivity contribution is 0.0597. The number of aliphatic hydroxyl groups is 1. The maximum Gasteiger partial charge on any atom is 0.0990 e. The van der Waals surface area contributed by atoms with E-state index in [0.717, 1.165) is 12.0 Å². The van der Waals surface area contributed by atoms with Crippen molar-refractivity contribution in [2.75, 3.05) is 5.33 Å². The second kappa shape index (κ2) is 4.06. The van der Waals surface area contributed by atoms with Crippen molar-refractivity contribution in [3.63, 3.8) is 0 Å². The van der Waals surface area contributed by atoms with Crippen molar-refractivity contribution in [3.8, 4) is 0 Å². The molecule has 0 unspecified atom stereocenters. The van der Waals surface area contributed by atoms with Crippen LogP contribution in [-0.2, 0) is 5.60 Å². The minimum absolute atomic E-state index is 0.584. The van der Waals surface area contributed by atoms with Crippen molar-refractivity contribution in [1.29, 1.82) is 0 Å². The highest BCUT2D eigenvalue weighted by molar-refractivity contribution is 9.09. The van der Waals surface area contributed by atoms with Crippen molar-refractivity contribution < 1.29 is 5.11 Å². The van der Waals surface area contributed by atoms with Gasteiger partial charge in [-0.1, -0.05) is 53.2 Å². The van der Waals surface area contributed by atoms with Crippen molar-refractivity contribution in [2.24, 2.45) is 0 Å². The lowest BCUT2D eigenvalue weighted by atomic mass is 9.94. The fourth-order valence-corrected chi connectivity index (χ4v) is 1.84. The van der Waals surface area contributed by atoms with E-state index in [0.29, 0.717) is 5.33 Å². The van der Waals surface area contributed by atoms with Crippen molar-refractivity contribution in [3.05, 3.63) is 35.9 Å². The van der Waals surface area contributed by atoms with Gasteiger partial charge in [-0.15, -0.1) is 0 Å². The molecule has 1 N–H and O–H groups in total. The molecule has 1 rings (SSSR count). The molecule has 66 valence electrons. The Hall–Kier alpha value is -0.340. The molecule has 0 saturated heterocycles. The second-order valence-electron chi connectivity index (χ2n) is 2.88. The molecule has 1 aromatic rings. The Morgan fingerprint density at radius 2 is 1.92 bits per heavy atom. The molecule has 1 atom stereocenters. The Kier molecular flexibility index (Phi) is 3.29. The minimum Gasteiger partial charge on any atom is -0.384 e. The zero-order valence-electron chi connectivity index (χ0n) is 7.13. The summed E-state index contributed by atoms with van der Waals surface area (Å²) in [4.78, 5) is 0. The average Bonchev–Trinajstić information content (AvgIpc) is 2.18. The SMILES string of the molecule is CC[C@@](O)(CBr)c1ccccc1. The van der Waals surface area contributed by atoms with Gasteiger partial charge in [0.25, 0.3) is 0 Å². The molecule has 0 spiro atoms. The molecule has 2 heteroatoms. The van der Waals surface area contributed by atoms with Crippen LogP contribution in [0.4, 0.5) is 0 Å². The number of rotatable bonds is 3. The summed E-state index contributed by atoms with van der Waals surface area (Å²) in [7, 11) is 0. The van der Waals surface area contributed by atoms with Crippen LogP contribution < -0.4 is 0 Å². The molecule has 0 saturated carbocycles. The predicted octanol–water partition coefficient (Wildman–Crippen LogP) is 2.68. The van der Waals surface area contributed by atoms with Gasteiger partial charge in [0.2, 0.25) is 0 Å². The fraction of sp³-hybridized carbons (Fsp3) is 0.400. The molecule has 0 heterocycles. The van der Waals surface area contributed by atoms with Gasteiger partial charge in [0.1, 0.15) is 0 Å². The van der Waals surface area contributed by atoms with Crippen molar-refractivity contribution in [2.45, 2.75) is 18.9 Å². The second-order valence-corrected chi connectivity index (χ2v) is 3.45. The Bertz CT molecular complexity index is 229. The van der Waals surface area contributed by atoms with Crippen molar-refractivity contribution in [1.82, 2.24) is 0 Å². The maximum absolute atomic E-state index is 10.1. The zero-order chi connectivity index (χ0) is 9.03. The highest BCUT2D eigenvalue weighted by atomic mass is 79.9. The zero-order valence-corrected chi connectivity index (χ0v) is 8.71. The van der Waals surface area contributed by atoms with E-state index >= 15 is 0 Å². The summed E-state index contributed by atoms with van der Waals surface area (Å²) < 4.78 is 0. The molecule has 0 aliphatic carbocycles. The average molecular weight is 229 g/mol. The number of hydrogen-bond acceptors (Lipinski definition) is 1. The largest absolute Gasteiger partial charge is 0.384 e. The van der Waals surface area contributed by atoms with E-state index in [9.17, 15) is 5.11 Å². The van der Waals surface area contributed by atoms with Crippen LogP contribution in [0.3, 0.4) is 0 Å². The summed E-state index contributed by atoms with van der Waals surface area (Å²) >= 11 is 3.32. The first kappa shape index (κ1) is 9.75. The Balaban J connectivity index is 2.95. The van der Waals surface area contributed by atoms with E-state index in [1.54, 1.807) is 0 Å². The van der Waals surface area contributed by atoms with Gasteiger partial charge in [0, 0.05) is 5.33 Å². The quantitative estimate of drug-likeness (QED) is 0.790.